The summed E-state index contributed by atoms with van der Waals surface area (Å²) in [6.07, 6.45) is 2.36. The molecule has 2 N–H and O–H groups in total. The van der Waals surface area contributed by atoms with Gasteiger partial charge in [-0.1, -0.05) is 0 Å². The molecule has 6 heteroatoms. The molecule has 96 valence electrons. The highest BCUT2D eigenvalue weighted by Crippen LogP contribution is 2.13. The van der Waals surface area contributed by atoms with Crippen LogP contribution in [0.15, 0.2) is 0 Å². The first-order chi connectivity index (χ1) is 7.20. The molecule has 5 nitrogen and oxygen atoms in total. The summed E-state index contributed by atoms with van der Waals surface area (Å²) < 4.78 is 30.3. The molecule has 1 rings (SSSR count). The molecule has 0 aromatic carbocycles. The lowest BCUT2D eigenvalue weighted by Crippen LogP contribution is -2.52. The van der Waals surface area contributed by atoms with Crippen LogP contribution in [0, 0.1) is 0 Å². The van der Waals surface area contributed by atoms with Crippen LogP contribution in [0.5, 0.6) is 0 Å². The Morgan fingerprint density at radius 1 is 1.44 bits per heavy atom. The largest absolute Gasteiger partial charge is 0.377 e. The first-order valence-electron chi connectivity index (χ1n) is 5.53. The Balaban J connectivity index is 2.41. The Kier molecular flexibility index (Phi) is 4.34. The van der Waals surface area contributed by atoms with Crippen LogP contribution >= 0.6 is 0 Å². The molecular formula is C10H22N2O3S. The van der Waals surface area contributed by atoms with Gasteiger partial charge in [0.2, 0.25) is 10.0 Å². The fourth-order valence-corrected chi connectivity index (χ4v) is 3.00. The summed E-state index contributed by atoms with van der Waals surface area (Å²) >= 11 is 0. The van der Waals surface area contributed by atoms with Crippen molar-refractivity contribution in [1.29, 1.82) is 0 Å². The lowest BCUT2D eigenvalue weighted by atomic mass is 10.1. The van der Waals surface area contributed by atoms with E-state index in [0.29, 0.717) is 12.6 Å². The molecule has 0 radical (unpaired) electrons. The van der Waals surface area contributed by atoms with Gasteiger partial charge >= 0.3 is 0 Å². The first-order valence-corrected chi connectivity index (χ1v) is 7.43. The predicted molar refractivity (Wildman–Crippen MR) is 63.9 cm³/mol. The molecular weight excluding hydrogens is 228 g/mol. The number of ether oxygens (including phenoxy) is 1. The van der Waals surface area contributed by atoms with Crippen molar-refractivity contribution >= 4 is 10.0 Å². The molecule has 1 saturated heterocycles. The van der Waals surface area contributed by atoms with Crippen molar-refractivity contribution in [3.05, 3.63) is 0 Å². The summed E-state index contributed by atoms with van der Waals surface area (Å²) in [5.41, 5.74) is -0.476. The predicted octanol–water partition coefficient (Wildman–Crippen LogP) is 0.0812. The van der Waals surface area contributed by atoms with Crippen molar-refractivity contribution < 1.29 is 13.2 Å². The molecule has 1 fully saturated rings. The van der Waals surface area contributed by atoms with Gasteiger partial charge in [-0.25, -0.2) is 13.1 Å². The lowest BCUT2D eigenvalue weighted by molar-refractivity contribution is 0.112. The van der Waals surface area contributed by atoms with Crippen LogP contribution in [0.4, 0.5) is 0 Å². The number of hydrogen-bond acceptors (Lipinski definition) is 4. The minimum Gasteiger partial charge on any atom is -0.377 e. The smallest absolute Gasteiger partial charge is 0.209 e. The molecule has 1 heterocycles. The van der Waals surface area contributed by atoms with Gasteiger partial charge in [0, 0.05) is 24.7 Å². The minimum atomic E-state index is -3.16. The molecule has 2 unspecified atom stereocenters. The highest BCUT2D eigenvalue weighted by molar-refractivity contribution is 7.88. The third-order valence-corrected chi connectivity index (χ3v) is 3.57. The molecule has 0 aromatic rings. The Morgan fingerprint density at radius 2 is 2.06 bits per heavy atom. The highest BCUT2D eigenvalue weighted by Gasteiger charge is 2.27. The number of nitrogens with one attached hydrogen (secondary N) is 2. The molecule has 0 aromatic heterocycles. The summed E-state index contributed by atoms with van der Waals surface area (Å²) in [6.45, 7) is 7.13. The monoisotopic (exact) mass is 250 g/mol. The Morgan fingerprint density at radius 3 is 2.50 bits per heavy atom. The zero-order chi connectivity index (χ0) is 12.4. The lowest BCUT2D eigenvalue weighted by Gasteiger charge is -2.28. The van der Waals surface area contributed by atoms with Crippen molar-refractivity contribution in [3.63, 3.8) is 0 Å². The van der Waals surface area contributed by atoms with Crippen LogP contribution in [0.2, 0.25) is 0 Å². The third kappa shape index (κ3) is 4.78. The van der Waals surface area contributed by atoms with Crippen LogP contribution in [0.25, 0.3) is 0 Å². The van der Waals surface area contributed by atoms with Crippen molar-refractivity contribution in [3.8, 4) is 0 Å². The van der Waals surface area contributed by atoms with Crippen molar-refractivity contribution in [1.82, 2.24) is 10.0 Å². The van der Waals surface area contributed by atoms with E-state index in [-0.39, 0.29) is 6.10 Å². The Hall–Kier alpha value is -0.170. The summed E-state index contributed by atoms with van der Waals surface area (Å²) in [5.74, 6) is 0. The number of rotatable bonds is 5. The molecule has 0 bridgehead atoms. The van der Waals surface area contributed by atoms with Crippen molar-refractivity contribution in [2.45, 2.75) is 44.9 Å². The highest BCUT2D eigenvalue weighted by atomic mass is 32.2. The molecule has 0 spiro atoms. The van der Waals surface area contributed by atoms with E-state index in [2.05, 4.69) is 10.0 Å². The Bertz CT molecular complexity index is 327. The number of sulfonamides is 1. The topological polar surface area (TPSA) is 67.4 Å². The molecule has 1 aliphatic rings. The standard InChI is InChI=1S/C10H22N2O3S/c1-8-9(5-6-15-8)11-7-10(2,3)12-16(4,13)14/h8-9,11-12H,5-7H2,1-4H3. The van der Waals surface area contributed by atoms with Gasteiger partial charge in [-0.3, -0.25) is 0 Å². The maximum atomic E-state index is 11.1. The van der Waals surface area contributed by atoms with Gasteiger partial charge in [0.15, 0.2) is 0 Å². The minimum absolute atomic E-state index is 0.203. The van der Waals surface area contributed by atoms with E-state index in [0.717, 1.165) is 13.0 Å². The van der Waals surface area contributed by atoms with E-state index < -0.39 is 15.6 Å². The van der Waals surface area contributed by atoms with Gasteiger partial charge < -0.3 is 10.1 Å². The summed E-state index contributed by atoms with van der Waals surface area (Å²) in [6, 6.07) is 0.320. The Labute approximate surface area is 98.0 Å². The van der Waals surface area contributed by atoms with Gasteiger partial charge in [-0.2, -0.15) is 0 Å². The van der Waals surface area contributed by atoms with E-state index in [4.69, 9.17) is 4.74 Å². The van der Waals surface area contributed by atoms with Gasteiger partial charge in [0.25, 0.3) is 0 Å². The maximum absolute atomic E-state index is 11.1. The van der Waals surface area contributed by atoms with Crippen LogP contribution in [-0.4, -0.2) is 45.5 Å². The van der Waals surface area contributed by atoms with Crippen molar-refractivity contribution in [2.75, 3.05) is 19.4 Å². The normalized spacial score (nSPS) is 27.2. The zero-order valence-electron chi connectivity index (χ0n) is 10.4. The van der Waals surface area contributed by atoms with Crippen molar-refractivity contribution in [2.24, 2.45) is 0 Å². The van der Waals surface area contributed by atoms with E-state index >= 15 is 0 Å². The second-order valence-corrected chi connectivity index (χ2v) is 6.86. The average molecular weight is 250 g/mol. The second kappa shape index (κ2) is 5.00. The third-order valence-electron chi connectivity index (χ3n) is 2.64. The van der Waals surface area contributed by atoms with E-state index in [1.807, 2.05) is 20.8 Å². The molecule has 2 atom stereocenters. The fourth-order valence-electron chi connectivity index (χ4n) is 1.92. The summed E-state index contributed by atoms with van der Waals surface area (Å²) in [5, 5.41) is 3.34. The van der Waals surface area contributed by atoms with Gasteiger partial charge in [-0.15, -0.1) is 0 Å². The number of hydrogen-bond donors (Lipinski definition) is 2. The van der Waals surface area contributed by atoms with Gasteiger partial charge in [-0.05, 0) is 27.2 Å². The molecule has 16 heavy (non-hydrogen) atoms. The fraction of sp³-hybridized carbons (Fsp3) is 1.00. The average Bonchev–Trinajstić information content (AvgIpc) is 2.43. The molecule has 0 saturated carbocycles. The quantitative estimate of drug-likeness (QED) is 0.725. The second-order valence-electron chi connectivity index (χ2n) is 5.11. The molecule has 0 aliphatic carbocycles. The van der Waals surface area contributed by atoms with Gasteiger partial charge in [0.05, 0.1) is 12.4 Å². The maximum Gasteiger partial charge on any atom is 0.209 e. The molecule has 1 aliphatic heterocycles. The van der Waals surface area contributed by atoms with E-state index in [1.165, 1.54) is 6.26 Å². The van der Waals surface area contributed by atoms with Crippen LogP contribution in [-0.2, 0) is 14.8 Å². The molecule has 0 amide bonds. The van der Waals surface area contributed by atoms with Crippen LogP contribution in [0.3, 0.4) is 0 Å². The van der Waals surface area contributed by atoms with Crippen LogP contribution in [0.1, 0.15) is 27.2 Å². The van der Waals surface area contributed by atoms with E-state index in [9.17, 15) is 8.42 Å². The summed E-state index contributed by atoms with van der Waals surface area (Å²) in [7, 11) is -3.16. The zero-order valence-corrected chi connectivity index (χ0v) is 11.2. The van der Waals surface area contributed by atoms with Crippen LogP contribution < -0.4 is 10.0 Å². The SMILES string of the molecule is CC1OCCC1NCC(C)(C)NS(C)(=O)=O. The van der Waals surface area contributed by atoms with E-state index in [1.54, 1.807) is 0 Å². The van der Waals surface area contributed by atoms with Gasteiger partial charge in [0.1, 0.15) is 0 Å². The first kappa shape index (κ1) is 13.9. The summed E-state index contributed by atoms with van der Waals surface area (Å²) in [4.78, 5) is 0.